The lowest BCUT2D eigenvalue weighted by atomic mass is 10.1. The Morgan fingerprint density at radius 3 is 3.32 bits per heavy atom. The first-order chi connectivity index (χ1) is 9.43. The van der Waals surface area contributed by atoms with E-state index in [9.17, 15) is 0 Å². The van der Waals surface area contributed by atoms with Gasteiger partial charge in [-0.15, -0.1) is 0 Å². The Kier molecular flexibility index (Phi) is 3.91. The Labute approximate surface area is 112 Å². The largest absolute Gasteiger partial charge is 0.353 e. The average molecular weight is 258 g/mol. The Balaban J connectivity index is 1.58. The predicted molar refractivity (Wildman–Crippen MR) is 74.7 cm³/mol. The van der Waals surface area contributed by atoms with E-state index in [1.165, 1.54) is 6.42 Å². The van der Waals surface area contributed by atoms with E-state index >= 15 is 0 Å². The zero-order chi connectivity index (χ0) is 12.9. The van der Waals surface area contributed by atoms with Crippen molar-refractivity contribution in [1.29, 1.82) is 0 Å². The van der Waals surface area contributed by atoms with Crippen LogP contribution in [0.2, 0.25) is 0 Å². The van der Waals surface area contributed by atoms with E-state index in [0.717, 1.165) is 35.9 Å². The lowest BCUT2D eigenvalue weighted by molar-refractivity contribution is -0.155. The fourth-order valence-electron chi connectivity index (χ4n) is 2.31. The summed E-state index contributed by atoms with van der Waals surface area (Å²) in [6.07, 6.45) is 9.24. The molecule has 0 aliphatic carbocycles. The van der Waals surface area contributed by atoms with Crippen LogP contribution < -0.4 is 0 Å². The van der Waals surface area contributed by atoms with Gasteiger partial charge in [-0.3, -0.25) is 5.10 Å². The minimum Gasteiger partial charge on any atom is -0.353 e. The van der Waals surface area contributed by atoms with Crippen LogP contribution >= 0.6 is 0 Å². The minimum atomic E-state index is -0.0265. The van der Waals surface area contributed by atoms with Crippen LogP contribution in [-0.4, -0.2) is 29.7 Å². The van der Waals surface area contributed by atoms with Gasteiger partial charge in [0, 0.05) is 12.0 Å². The summed E-state index contributed by atoms with van der Waals surface area (Å²) in [5.74, 6) is 0. The Bertz CT molecular complexity index is 556. The second-order valence-corrected chi connectivity index (χ2v) is 4.71. The molecule has 4 heteroatoms. The molecule has 1 saturated heterocycles. The maximum absolute atomic E-state index is 5.66. The van der Waals surface area contributed by atoms with Crippen molar-refractivity contribution in [1.82, 2.24) is 10.2 Å². The number of hydrogen-bond acceptors (Lipinski definition) is 3. The number of nitrogens with zero attached hydrogens (tertiary/aromatic N) is 1. The SMILES string of the molecule is C(=Cc1cccc2cn[nH]c12)COC1CCCCO1. The van der Waals surface area contributed by atoms with Crippen LogP contribution in [0.1, 0.15) is 24.8 Å². The molecular weight excluding hydrogens is 240 g/mol. The summed E-state index contributed by atoms with van der Waals surface area (Å²) in [6.45, 7) is 1.40. The van der Waals surface area contributed by atoms with Crippen molar-refractivity contribution in [3.05, 3.63) is 36.0 Å². The molecule has 100 valence electrons. The Morgan fingerprint density at radius 1 is 1.42 bits per heavy atom. The first-order valence-corrected chi connectivity index (χ1v) is 6.75. The average Bonchev–Trinajstić information content (AvgIpc) is 2.94. The summed E-state index contributed by atoms with van der Waals surface area (Å²) in [5.41, 5.74) is 2.19. The topological polar surface area (TPSA) is 47.1 Å². The number of aromatic amines is 1. The van der Waals surface area contributed by atoms with Gasteiger partial charge >= 0.3 is 0 Å². The quantitative estimate of drug-likeness (QED) is 0.916. The van der Waals surface area contributed by atoms with Crippen LogP contribution in [-0.2, 0) is 9.47 Å². The fraction of sp³-hybridized carbons (Fsp3) is 0.400. The molecule has 0 radical (unpaired) electrons. The highest BCUT2D eigenvalue weighted by molar-refractivity contribution is 5.86. The molecule has 2 heterocycles. The van der Waals surface area contributed by atoms with E-state index in [-0.39, 0.29) is 6.29 Å². The highest BCUT2D eigenvalue weighted by Crippen LogP contribution is 2.17. The number of hydrogen-bond donors (Lipinski definition) is 1. The number of H-pyrrole nitrogens is 1. The van der Waals surface area contributed by atoms with Crippen molar-refractivity contribution >= 4 is 17.0 Å². The van der Waals surface area contributed by atoms with Crippen LogP contribution in [0.4, 0.5) is 0 Å². The summed E-state index contributed by atoms with van der Waals surface area (Å²) >= 11 is 0. The molecule has 1 N–H and O–H groups in total. The molecule has 0 amide bonds. The van der Waals surface area contributed by atoms with Gasteiger partial charge in [0.05, 0.1) is 18.3 Å². The maximum Gasteiger partial charge on any atom is 0.157 e. The number of para-hydroxylation sites is 1. The number of benzene rings is 1. The van der Waals surface area contributed by atoms with Crippen LogP contribution in [0.3, 0.4) is 0 Å². The molecular formula is C15H18N2O2. The molecule has 1 atom stereocenters. The molecule has 1 unspecified atom stereocenters. The van der Waals surface area contributed by atoms with E-state index in [4.69, 9.17) is 9.47 Å². The number of aromatic nitrogens is 2. The van der Waals surface area contributed by atoms with Crippen molar-refractivity contribution in [2.24, 2.45) is 0 Å². The smallest absolute Gasteiger partial charge is 0.157 e. The van der Waals surface area contributed by atoms with Gasteiger partial charge in [-0.25, -0.2) is 0 Å². The molecule has 1 aliphatic rings. The molecule has 1 aromatic carbocycles. The molecule has 2 aromatic rings. The molecule has 0 spiro atoms. The van der Waals surface area contributed by atoms with E-state index in [0.29, 0.717) is 6.61 Å². The first kappa shape index (κ1) is 12.4. The number of ether oxygens (including phenoxy) is 2. The molecule has 3 rings (SSSR count). The van der Waals surface area contributed by atoms with Gasteiger partial charge in [0.1, 0.15) is 0 Å². The number of rotatable bonds is 4. The van der Waals surface area contributed by atoms with E-state index in [2.05, 4.69) is 22.3 Å². The van der Waals surface area contributed by atoms with Crippen molar-refractivity contribution in [2.45, 2.75) is 25.6 Å². The first-order valence-electron chi connectivity index (χ1n) is 6.75. The van der Waals surface area contributed by atoms with Gasteiger partial charge in [0.2, 0.25) is 0 Å². The van der Waals surface area contributed by atoms with E-state index < -0.39 is 0 Å². The highest BCUT2D eigenvalue weighted by atomic mass is 16.7. The van der Waals surface area contributed by atoms with Gasteiger partial charge in [0.15, 0.2) is 6.29 Å². The molecule has 1 aliphatic heterocycles. The lowest BCUT2D eigenvalue weighted by Crippen LogP contribution is -2.22. The second-order valence-electron chi connectivity index (χ2n) is 4.71. The Hall–Kier alpha value is -1.65. The molecule has 4 nitrogen and oxygen atoms in total. The third-order valence-corrected chi connectivity index (χ3v) is 3.32. The highest BCUT2D eigenvalue weighted by Gasteiger charge is 2.12. The Morgan fingerprint density at radius 2 is 2.42 bits per heavy atom. The lowest BCUT2D eigenvalue weighted by Gasteiger charge is -2.21. The van der Waals surface area contributed by atoms with Gasteiger partial charge in [0.25, 0.3) is 0 Å². The third-order valence-electron chi connectivity index (χ3n) is 3.32. The summed E-state index contributed by atoms with van der Waals surface area (Å²) < 4.78 is 11.2. The van der Waals surface area contributed by atoms with Gasteiger partial charge in [-0.1, -0.05) is 30.4 Å². The zero-order valence-electron chi connectivity index (χ0n) is 10.8. The van der Waals surface area contributed by atoms with Crippen LogP contribution in [0.5, 0.6) is 0 Å². The summed E-state index contributed by atoms with van der Waals surface area (Å²) in [5, 5.41) is 8.19. The van der Waals surface area contributed by atoms with Crippen molar-refractivity contribution in [2.75, 3.05) is 13.2 Å². The van der Waals surface area contributed by atoms with Crippen molar-refractivity contribution < 1.29 is 9.47 Å². The number of fused-ring (bicyclic) bond motifs is 1. The summed E-state index contributed by atoms with van der Waals surface area (Å²) in [6, 6.07) is 6.14. The molecule has 0 saturated carbocycles. The van der Waals surface area contributed by atoms with Crippen LogP contribution in [0.25, 0.3) is 17.0 Å². The van der Waals surface area contributed by atoms with Crippen molar-refractivity contribution in [3.8, 4) is 0 Å². The summed E-state index contributed by atoms with van der Waals surface area (Å²) in [4.78, 5) is 0. The van der Waals surface area contributed by atoms with Crippen LogP contribution in [0, 0.1) is 0 Å². The van der Waals surface area contributed by atoms with Gasteiger partial charge in [-0.05, 0) is 24.8 Å². The minimum absolute atomic E-state index is 0.0265. The monoisotopic (exact) mass is 258 g/mol. The molecule has 1 fully saturated rings. The molecule has 19 heavy (non-hydrogen) atoms. The predicted octanol–water partition coefficient (Wildman–Crippen LogP) is 3.12. The zero-order valence-corrected chi connectivity index (χ0v) is 10.8. The van der Waals surface area contributed by atoms with Gasteiger partial charge in [-0.2, -0.15) is 5.10 Å². The third kappa shape index (κ3) is 3.03. The maximum atomic E-state index is 5.66. The normalized spacial score (nSPS) is 20.3. The summed E-state index contributed by atoms with van der Waals surface area (Å²) in [7, 11) is 0. The second kappa shape index (κ2) is 5.99. The fourth-order valence-corrected chi connectivity index (χ4v) is 2.31. The van der Waals surface area contributed by atoms with E-state index in [1.54, 1.807) is 0 Å². The molecule has 0 bridgehead atoms. The van der Waals surface area contributed by atoms with Crippen LogP contribution in [0.15, 0.2) is 30.5 Å². The standard InChI is InChI=1S/C15H18N2O2/c1-2-9-18-14(8-1)19-10-4-7-12-5-3-6-13-11-16-17-15(12)13/h3-7,11,14H,1-2,8-10H2,(H,16,17). The molecule has 1 aromatic heterocycles. The van der Waals surface area contributed by atoms with Gasteiger partial charge < -0.3 is 9.47 Å². The van der Waals surface area contributed by atoms with E-state index in [1.807, 2.05) is 24.4 Å². The number of nitrogens with one attached hydrogen (secondary N) is 1. The van der Waals surface area contributed by atoms with Crippen molar-refractivity contribution in [3.63, 3.8) is 0 Å².